The minimum absolute atomic E-state index is 0.470. The molecule has 0 saturated carbocycles. The van der Waals surface area contributed by atoms with E-state index in [2.05, 4.69) is 14.4 Å². The van der Waals surface area contributed by atoms with Crippen LogP contribution < -0.4 is 5.73 Å². The van der Waals surface area contributed by atoms with Gasteiger partial charge in [-0.25, -0.2) is 8.96 Å². The number of imidazole rings is 1. The molecule has 1 aromatic rings. The van der Waals surface area contributed by atoms with Gasteiger partial charge in [-0.05, 0) is 5.53 Å². The summed E-state index contributed by atoms with van der Waals surface area (Å²) in [5.74, 6) is 0. The van der Waals surface area contributed by atoms with Crippen molar-refractivity contribution in [2.45, 2.75) is 30.6 Å². The average molecular weight is 352 g/mol. The van der Waals surface area contributed by atoms with Crippen molar-refractivity contribution in [3.05, 3.63) is 29.2 Å². The van der Waals surface area contributed by atoms with Crippen LogP contribution in [-0.4, -0.2) is 75.1 Å². The minimum atomic E-state index is -3.90. The number of ether oxygens (including phenoxy) is 1. The smallest absolute Gasteiger partial charge is 0.329 e. The summed E-state index contributed by atoms with van der Waals surface area (Å²) in [7, 11) is -3.90. The van der Waals surface area contributed by atoms with Gasteiger partial charge in [0, 0.05) is 17.3 Å². The summed E-state index contributed by atoms with van der Waals surface area (Å²) in [6.07, 6.45) is -1.38. The first-order valence-corrected chi connectivity index (χ1v) is 7.50. The Morgan fingerprint density at radius 1 is 1.39 bits per heavy atom. The third-order valence-electron chi connectivity index (χ3n) is 2.83. The number of aromatic nitrogens is 2. The zero-order valence-electron chi connectivity index (χ0n) is 11.6. The zero-order valence-corrected chi connectivity index (χ0v) is 12.4. The number of hydrogen-bond acceptors (Lipinski definition) is 9. The Bertz CT molecular complexity index is 626. The molecule has 0 aliphatic carbocycles. The molecule has 0 aromatic carbocycles. The first-order valence-electron chi connectivity index (χ1n) is 6.10. The number of hydrogen-bond donors (Lipinski definition) is 5. The number of azide groups is 1. The van der Waals surface area contributed by atoms with Crippen LogP contribution in [-0.2, 0) is 14.9 Å². The van der Waals surface area contributed by atoms with Crippen LogP contribution in [0.2, 0.25) is 0 Å². The molecule has 1 aliphatic rings. The Hall–Kier alpha value is -1.77. The Morgan fingerprint density at radius 3 is 2.52 bits per heavy atom. The fourth-order valence-corrected chi connectivity index (χ4v) is 2.15. The molecule has 14 heteroatoms. The lowest BCUT2D eigenvalue weighted by Crippen LogP contribution is -2.61. The van der Waals surface area contributed by atoms with E-state index in [1.807, 2.05) is 0 Å². The maximum Gasteiger partial charge on any atom is 0.329 e. The van der Waals surface area contributed by atoms with Crippen LogP contribution >= 0.6 is 0 Å². The van der Waals surface area contributed by atoms with Gasteiger partial charge in [-0.3, -0.25) is 0 Å². The molecule has 1 unspecified atom stereocenters. The van der Waals surface area contributed by atoms with Gasteiger partial charge in [-0.1, -0.05) is 0 Å². The topological polar surface area (TPSA) is 217 Å². The second-order valence-electron chi connectivity index (χ2n) is 4.35. The molecule has 2 heterocycles. The van der Waals surface area contributed by atoms with E-state index in [1.54, 1.807) is 0 Å². The molecule has 0 spiro atoms. The zero-order chi connectivity index (χ0) is 17.6. The molecule has 1 saturated heterocycles. The van der Waals surface area contributed by atoms with Crippen molar-refractivity contribution >= 4 is 10.2 Å². The van der Waals surface area contributed by atoms with Gasteiger partial charge in [0.05, 0.1) is 17.2 Å². The first kappa shape index (κ1) is 19.3. The van der Waals surface area contributed by atoms with E-state index in [1.165, 1.54) is 12.4 Å². The fraction of sp³-hybridized carbons (Fsp3) is 0.667. The second-order valence-corrected chi connectivity index (χ2v) is 5.83. The highest BCUT2D eigenvalue weighted by Gasteiger charge is 2.41. The summed E-state index contributed by atoms with van der Waals surface area (Å²) in [5, 5.41) is 36.1. The van der Waals surface area contributed by atoms with E-state index in [4.69, 9.17) is 26.2 Å². The lowest BCUT2D eigenvalue weighted by molar-refractivity contribution is -0.248. The highest BCUT2D eigenvalue weighted by atomic mass is 32.2. The van der Waals surface area contributed by atoms with Gasteiger partial charge in [-0.15, -0.1) is 0 Å². The van der Waals surface area contributed by atoms with Crippen LogP contribution in [0.15, 0.2) is 23.2 Å². The van der Waals surface area contributed by atoms with Crippen LogP contribution in [0, 0.1) is 0 Å². The Balaban J connectivity index is 0.000000231. The van der Waals surface area contributed by atoms with Crippen LogP contribution in [0.3, 0.4) is 0 Å². The van der Waals surface area contributed by atoms with Crippen LogP contribution in [0.25, 0.3) is 10.4 Å². The van der Waals surface area contributed by atoms with Gasteiger partial charge in [0.25, 0.3) is 0 Å². The SMILES string of the molecule is N[C@H]1C(O)O[C@H](CO)[C@@H](O)[C@@H]1O.[N-]=[N+]=NS(=O)(=O)n1ccnc1. The molecular weight excluding hydrogens is 336 g/mol. The molecule has 13 nitrogen and oxygen atoms in total. The van der Waals surface area contributed by atoms with Gasteiger partial charge in [0.15, 0.2) is 6.29 Å². The lowest BCUT2D eigenvalue weighted by atomic mass is 9.98. The van der Waals surface area contributed by atoms with Crippen molar-refractivity contribution in [2.24, 2.45) is 10.3 Å². The molecule has 130 valence electrons. The summed E-state index contributed by atoms with van der Waals surface area (Å²) >= 11 is 0. The maximum atomic E-state index is 10.8. The quantitative estimate of drug-likeness (QED) is 0.213. The molecule has 1 aromatic heterocycles. The van der Waals surface area contributed by atoms with E-state index < -0.39 is 47.5 Å². The van der Waals surface area contributed by atoms with Gasteiger partial charge < -0.3 is 30.9 Å². The minimum Gasteiger partial charge on any atom is -0.394 e. The molecule has 1 aliphatic heterocycles. The Kier molecular flexibility index (Phi) is 6.86. The summed E-state index contributed by atoms with van der Waals surface area (Å²) in [4.78, 5) is 5.62. The van der Waals surface area contributed by atoms with Crippen molar-refractivity contribution in [2.75, 3.05) is 6.61 Å². The highest BCUT2D eigenvalue weighted by molar-refractivity contribution is 7.88. The van der Waals surface area contributed by atoms with E-state index in [-0.39, 0.29) is 0 Å². The normalized spacial score (nSPS) is 30.7. The summed E-state index contributed by atoms with van der Waals surface area (Å²) in [6, 6.07) is -1.04. The van der Waals surface area contributed by atoms with Crippen molar-refractivity contribution in [1.29, 1.82) is 0 Å². The number of nitrogens with two attached hydrogens (primary N) is 1. The molecular formula is C9H16N6O7S. The van der Waals surface area contributed by atoms with E-state index >= 15 is 0 Å². The van der Waals surface area contributed by atoms with Gasteiger partial charge >= 0.3 is 10.2 Å². The highest BCUT2D eigenvalue weighted by Crippen LogP contribution is 2.17. The van der Waals surface area contributed by atoms with Crippen molar-refractivity contribution < 1.29 is 33.6 Å². The largest absolute Gasteiger partial charge is 0.394 e. The van der Waals surface area contributed by atoms with E-state index in [0.29, 0.717) is 3.97 Å². The second kappa shape index (κ2) is 8.19. The molecule has 5 atom stereocenters. The molecule has 23 heavy (non-hydrogen) atoms. The standard InChI is InChI=1S/C6H13NO5.C3H3N5O2S/c7-3-5(10)4(9)2(1-8)12-6(3)11;4-6-7-11(9,10)8-2-1-5-3-8/h2-6,8-11H,1,7H2;1-3H/t2-,3-,4-,5-,6?;/m1./s1. The van der Waals surface area contributed by atoms with Crippen LogP contribution in [0.5, 0.6) is 0 Å². The number of rotatable bonds is 3. The average Bonchev–Trinajstić information content (AvgIpc) is 3.05. The molecule has 0 radical (unpaired) electrons. The Morgan fingerprint density at radius 2 is 2.04 bits per heavy atom. The van der Waals surface area contributed by atoms with Crippen LogP contribution in [0.4, 0.5) is 0 Å². The van der Waals surface area contributed by atoms with Gasteiger partial charge in [0.1, 0.15) is 24.6 Å². The molecule has 6 N–H and O–H groups in total. The Labute approximate surface area is 130 Å². The molecule has 0 amide bonds. The predicted molar refractivity (Wildman–Crippen MR) is 73.6 cm³/mol. The molecule has 2 rings (SSSR count). The number of aliphatic hydroxyl groups is 4. The fourth-order valence-electron chi connectivity index (χ4n) is 1.59. The van der Waals surface area contributed by atoms with Crippen molar-refractivity contribution in [3.63, 3.8) is 0 Å². The van der Waals surface area contributed by atoms with E-state index in [0.717, 1.165) is 6.33 Å². The van der Waals surface area contributed by atoms with E-state index in [9.17, 15) is 18.6 Å². The van der Waals surface area contributed by atoms with Gasteiger partial charge in [-0.2, -0.15) is 8.42 Å². The third-order valence-corrected chi connectivity index (χ3v) is 3.86. The van der Waals surface area contributed by atoms with Gasteiger partial charge in [0.2, 0.25) is 0 Å². The molecule has 0 bridgehead atoms. The first-order chi connectivity index (χ1) is 10.7. The number of aliphatic hydroxyl groups excluding tert-OH is 4. The third kappa shape index (κ3) is 4.85. The van der Waals surface area contributed by atoms with Crippen LogP contribution in [0.1, 0.15) is 0 Å². The summed E-state index contributed by atoms with van der Waals surface area (Å²) in [6.45, 7) is -0.470. The monoisotopic (exact) mass is 352 g/mol. The lowest BCUT2D eigenvalue weighted by Gasteiger charge is -2.38. The number of nitrogens with zero attached hydrogens (tertiary/aromatic N) is 5. The predicted octanol–water partition coefficient (Wildman–Crippen LogP) is -2.97. The maximum absolute atomic E-state index is 10.8. The van der Waals surface area contributed by atoms with Crippen molar-refractivity contribution in [3.8, 4) is 0 Å². The summed E-state index contributed by atoms with van der Waals surface area (Å²) in [5.41, 5.74) is 13.1. The summed E-state index contributed by atoms with van der Waals surface area (Å²) < 4.78 is 29.6. The molecule has 1 fully saturated rings. The van der Waals surface area contributed by atoms with Crippen molar-refractivity contribution in [1.82, 2.24) is 8.96 Å².